The highest BCUT2D eigenvalue weighted by atomic mass is 16.6. The molecule has 0 bridgehead atoms. The van der Waals surface area contributed by atoms with Gasteiger partial charge in [0.05, 0.1) is 0 Å². The lowest BCUT2D eigenvalue weighted by molar-refractivity contribution is -0.492. The summed E-state index contributed by atoms with van der Waals surface area (Å²) in [6.07, 6.45) is 0. The van der Waals surface area contributed by atoms with E-state index in [0.717, 1.165) is 0 Å². The lowest BCUT2D eigenvalue weighted by Gasteiger charge is -2.03. The molecule has 1 rings (SSSR count). The number of hydrogen-bond donors (Lipinski definition) is 1. The zero-order chi connectivity index (χ0) is 11.3. The van der Waals surface area contributed by atoms with Crippen LogP contribution in [0.1, 0.15) is 0 Å². The van der Waals surface area contributed by atoms with E-state index in [9.17, 15) is 14.9 Å². The second kappa shape index (κ2) is 4.72. The van der Waals surface area contributed by atoms with E-state index in [1.165, 1.54) is 6.07 Å². The van der Waals surface area contributed by atoms with Crippen LogP contribution >= 0.6 is 0 Å². The van der Waals surface area contributed by atoms with Crippen molar-refractivity contribution in [2.75, 3.05) is 5.32 Å². The number of nitrogens with zero attached hydrogens (tertiary/aromatic N) is 2. The number of hydrogen-bond acceptors (Lipinski definition) is 4. The molecule has 1 atom stereocenters. The van der Waals surface area contributed by atoms with Crippen molar-refractivity contribution >= 4 is 11.6 Å². The Morgan fingerprint density at radius 1 is 1.47 bits per heavy atom. The van der Waals surface area contributed by atoms with Gasteiger partial charge in [-0.3, -0.25) is 14.9 Å². The predicted octanol–water partition coefficient (Wildman–Crippen LogP) is 0.794. The van der Waals surface area contributed by atoms with Gasteiger partial charge in [0, 0.05) is 10.6 Å². The number of rotatable bonds is 3. The molecule has 0 radical (unpaired) electrons. The molecule has 0 spiro atoms. The third kappa shape index (κ3) is 2.77. The normalized spacial score (nSPS) is 11.1. The van der Waals surface area contributed by atoms with Crippen LogP contribution in [0.4, 0.5) is 5.69 Å². The minimum atomic E-state index is -1.87. The van der Waals surface area contributed by atoms with E-state index in [1.807, 2.05) is 0 Å². The lowest BCUT2D eigenvalue weighted by Crippen LogP contribution is -2.33. The van der Waals surface area contributed by atoms with Crippen LogP contribution in [0.5, 0.6) is 0 Å². The molecule has 1 aromatic rings. The van der Waals surface area contributed by atoms with Crippen LogP contribution < -0.4 is 5.32 Å². The summed E-state index contributed by atoms with van der Waals surface area (Å²) in [5, 5.41) is 20.9. The molecule has 1 N–H and O–H groups in total. The first-order valence-electron chi connectivity index (χ1n) is 4.04. The molecule has 15 heavy (non-hydrogen) atoms. The SMILES string of the molecule is N#CC(C(=O)Nc1ccccc1)[N+](=O)[O-]. The number of nitro groups is 1. The van der Waals surface area contributed by atoms with Gasteiger partial charge in [0.15, 0.2) is 6.07 Å². The fourth-order valence-electron chi connectivity index (χ4n) is 0.934. The first-order chi connectivity index (χ1) is 7.15. The van der Waals surface area contributed by atoms with Crippen molar-refractivity contribution in [3.8, 4) is 6.07 Å². The zero-order valence-corrected chi connectivity index (χ0v) is 7.58. The molecule has 1 unspecified atom stereocenters. The van der Waals surface area contributed by atoms with Crippen LogP contribution in [0.15, 0.2) is 30.3 Å². The van der Waals surface area contributed by atoms with E-state index in [0.29, 0.717) is 5.69 Å². The average molecular weight is 205 g/mol. The lowest BCUT2D eigenvalue weighted by atomic mass is 10.3. The van der Waals surface area contributed by atoms with E-state index < -0.39 is 16.9 Å². The molecule has 0 aliphatic rings. The van der Waals surface area contributed by atoms with E-state index in [2.05, 4.69) is 5.32 Å². The molecule has 0 heterocycles. The number of amides is 1. The van der Waals surface area contributed by atoms with Crippen molar-refractivity contribution in [2.45, 2.75) is 6.04 Å². The highest BCUT2D eigenvalue weighted by molar-refractivity contribution is 5.95. The number of carbonyl (C=O) groups is 1. The molecule has 0 aliphatic heterocycles. The van der Waals surface area contributed by atoms with Crippen molar-refractivity contribution < 1.29 is 9.72 Å². The van der Waals surface area contributed by atoms with Crippen LogP contribution in [0, 0.1) is 21.4 Å². The van der Waals surface area contributed by atoms with E-state index in [-0.39, 0.29) is 0 Å². The van der Waals surface area contributed by atoms with Crippen molar-refractivity contribution in [2.24, 2.45) is 0 Å². The molecular formula is C9H7N3O3. The number of carbonyl (C=O) groups excluding carboxylic acids is 1. The second-order valence-electron chi connectivity index (χ2n) is 2.67. The number of anilines is 1. The molecule has 76 valence electrons. The Kier molecular flexibility index (Phi) is 3.35. The van der Waals surface area contributed by atoms with Crippen LogP contribution in [0.25, 0.3) is 0 Å². The molecular weight excluding hydrogens is 198 g/mol. The first-order valence-corrected chi connectivity index (χ1v) is 4.04. The van der Waals surface area contributed by atoms with Gasteiger partial charge in [0.1, 0.15) is 0 Å². The molecule has 6 heteroatoms. The van der Waals surface area contributed by atoms with Gasteiger partial charge < -0.3 is 5.32 Å². The average Bonchev–Trinajstić information content (AvgIpc) is 2.19. The van der Waals surface area contributed by atoms with Crippen molar-refractivity contribution in [1.29, 1.82) is 5.26 Å². The summed E-state index contributed by atoms with van der Waals surface area (Å²) in [4.78, 5) is 20.6. The molecule has 1 aromatic carbocycles. The van der Waals surface area contributed by atoms with Crippen LogP contribution in [0.2, 0.25) is 0 Å². The summed E-state index contributed by atoms with van der Waals surface area (Å²) in [7, 11) is 0. The summed E-state index contributed by atoms with van der Waals surface area (Å²) in [6, 6.07) is 7.67. The van der Waals surface area contributed by atoms with Crippen LogP contribution in [-0.2, 0) is 4.79 Å². The molecule has 0 aromatic heterocycles. The number of benzene rings is 1. The Morgan fingerprint density at radius 3 is 2.53 bits per heavy atom. The number of nitrogens with one attached hydrogen (secondary N) is 1. The van der Waals surface area contributed by atoms with Gasteiger partial charge in [-0.2, -0.15) is 5.26 Å². The third-order valence-electron chi connectivity index (χ3n) is 1.62. The Morgan fingerprint density at radius 2 is 2.07 bits per heavy atom. The number of nitriles is 1. The van der Waals surface area contributed by atoms with Gasteiger partial charge in [0.2, 0.25) is 0 Å². The first kappa shape index (κ1) is 10.7. The third-order valence-corrected chi connectivity index (χ3v) is 1.62. The van der Waals surface area contributed by atoms with E-state index in [4.69, 9.17) is 5.26 Å². The zero-order valence-electron chi connectivity index (χ0n) is 7.58. The van der Waals surface area contributed by atoms with Crippen molar-refractivity contribution in [3.05, 3.63) is 40.4 Å². The quantitative estimate of drug-likeness (QED) is 0.582. The maximum Gasteiger partial charge on any atom is 0.373 e. The molecule has 0 saturated carbocycles. The molecule has 0 aliphatic carbocycles. The monoisotopic (exact) mass is 205 g/mol. The second-order valence-corrected chi connectivity index (χ2v) is 2.67. The van der Waals surface area contributed by atoms with Gasteiger partial charge in [-0.15, -0.1) is 0 Å². The van der Waals surface area contributed by atoms with Gasteiger partial charge in [0.25, 0.3) is 0 Å². The fraction of sp³-hybridized carbons (Fsp3) is 0.111. The Labute approximate surface area is 85.3 Å². The highest BCUT2D eigenvalue weighted by Gasteiger charge is 2.28. The summed E-state index contributed by atoms with van der Waals surface area (Å²) < 4.78 is 0. The molecule has 1 amide bonds. The summed E-state index contributed by atoms with van der Waals surface area (Å²) >= 11 is 0. The minimum Gasteiger partial charge on any atom is -0.319 e. The number of para-hydroxylation sites is 1. The van der Waals surface area contributed by atoms with E-state index >= 15 is 0 Å². The van der Waals surface area contributed by atoms with Gasteiger partial charge in [-0.25, -0.2) is 0 Å². The largest absolute Gasteiger partial charge is 0.373 e. The standard InChI is InChI=1S/C9H7N3O3/c10-6-8(12(14)15)9(13)11-7-4-2-1-3-5-7/h1-5,8H,(H,11,13). The topological polar surface area (TPSA) is 96.0 Å². The Balaban J connectivity index is 2.72. The van der Waals surface area contributed by atoms with Crippen molar-refractivity contribution in [1.82, 2.24) is 0 Å². The van der Waals surface area contributed by atoms with Gasteiger partial charge in [-0.1, -0.05) is 18.2 Å². The van der Waals surface area contributed by atoms with E-state index in [1.54, 1.807) is 30.3 Å². The molecule has 0 fully saturated rings. The van der Waals surface area contributed by atoms with Gasteiger partial charge in [-0.05, 0) is 12.1 Å². The van der Waals surface area contributed by atoms with Gasteiger partial charge >= 0.3 is 11.9 Å². The molecule has 6 nitrogen and oxygen atoms in total. The summed E-state index contributed by atoms with van der Waals surface area (Å²) in [6.45, 7) is 0. The smallest absolute Gasteiger partial charge is 0.319 e. The maximum absolute atomic E-state index is 11.2. The minimum absolute atomic E-state index is 0.421. The molecule has 0 saturated heterocycles. The highest BCUT2D eigenvalue weighted by Crippen LogP contribution is 2.05. The Hall–Kier alpha value is -2.42. The van der Waals surface area contributed by atoms with Crippen LogP contribution in [-0.4, -0.2) is 16.9 Å². The fourth-order valence-corrected chi connectivity index (χ4v) is 0.934. The Bertz CT molecular complexity index is 410. The predicted molar refractivity (Wildman–Crippen MR) is 51.5 cm³/mol. The summed E-state index contributed by atoms with van der Waals surface area (Å²) in [5.41, 5.74) is 0.421. The summed E-state index contributed by atoms with van der Waals surface area (Å²) in [5.74, 6) is -0.936. The maximum atomic E-state index is 11.2. The van der Waals surface area contributed by atoms with Crippen molar-refractivity contribution in [3.63, 3.8) is 0 Å². The van der Waals surface area contributed by atoms with Crippen LogP contribution in [0.3, 0.4) is 0 Å².